The van der Waals surface area contributed by atoms with Gasteiger partial charge in [-0.15, -0.1) is 0 Å². The molecule has 0 saturated carbocycles. The van der Waals surface area contributed by atoms with Gasteiger partial charge in [-0.05, 0) is 33.3 Å². The highest BCUT2D eigenvalue weighted by Crippen LogP contribution is 2.39. The Bertz CT molecular complexity index is 221. The molecule has 0 aromatic rings. The van der Waals surface area contributed by atoms with E-state index in [1.54, 1.807) is 0 Å². The first-order valence-electron chi connectivity index (χ1n) is 4.08. The van der Waals surface area contributed by atoms with Gasteiger partial charge in [0, 0.05) is 15.5 Å². The van der Waals surface area contributed by atoms with Crippen molar-refractivity contribution in [2.24, 2.45) is 0 Å². The Hall–Kier alpha value is 0.390. The molecule has 0 fully saturated rings. The zero-order valence-electron chi connectivity index (χ0n) is 8.02. The van der Waals surface area contributed by atoms with E-state index in [2.05, 4.69) is 28.7 Å². The van der Waals surface area contributed by atoms with Gasteiger partial charge in [-0.1, -0.05) is 28.7 Å². The van der Waals surface area contributed by atoms with Gasteiger partial charge in [0.05, 0.1) is 0 Å². The van der Waals surface area contributed by atoms with Gasteiger partial charge in [0.25, 0.3) is 0 Å². The van der Waals surface area contributed by atoms with E-state index in [0.29, 0.717) is 0 Å². The first-order chi connectivity index (χ1) is 5.32. The van der Waals surface area contributed by atoms with Crippen LogP contribution in [0.15, 0.2) is 11.6 Å². The van der Waals surface area contributed by atoms with Crippen molar-refractivity contribution in [3.05, 3.63) is 16.9 Å². The van der Waals surface area contributed by atoms with E-state index < -0.39 is 0 Å². The Labute approximate surface area is 87.7 Å². The van der Waals surface area contributed by atoms with Gasteiger partial charge < -0.3 is 10.3 Å². The minimum Gasteiger partial charge on any atom is -0.784 e. The molecule has 0 atom stereocenters. The van der Waals surface area contributed by atoms with Gasteiger partial charge in [0.15, 0.2) is 0 Å². The molecule has 0 unspecified atom stereocenters. The van der Waals surface area contributed by atoms with E-state index >= 15 is 0 Å². The summed E-state index contributed by atoms with van der Waals surface area (Å²) in [4.78, 5) is 0. The predicted molar refractivity (Wildman–Crippen MR) is 60.3 cm³/mol. The Morgan fingerprint density at radius 2 is 1.92 bits per heavy atom. The van der Waals surface area contributed by atoms with Crippen molar-refractivity contribution >= 4 is 22.6 Å². The minimum atomic E-state index is -0.329. The molecule has 1 rings (SSSR count). The third-order valence-corrected chi connectivity index (χ3v) is 3.31. The molecule has 1 aliphatic rings. The maximum atomic E-state index is 11.8. The van der Waals surface area contributed by atoms with Crippen molar-refractivity contribution in [1.82, 2.24) is 5.06 Å². The average molecular weight is 280 g/mol. The molecular formula is C9H15INO-. The Kier molecular flexibility index (Phi) is 2.58. The van der Waals surface area contributed by atoms with E-state index in [1.807, 2.05) is 27.7 Å². The summed E-state index contributed by atoms with van der Waals surface area (Å²) in [7, 11) is 0. The lowest BCUT2D eigenvalue weighted by Crippen LogP contribution is -2.46. The second-order valence-corrected chi connectivity index (χ2v) is 5.07. The molecule has 0 spiro atoms. The van der Waals surface area contributed by atoms with Gasteiger partial charge in [0.2, 0.25) is 0 Å². The van der Waals surface area contributed by atoms with E-state index in [9.17, 15) is 5.21 Å². The lowest BCUT2D eigenvalue weighted by molar-refractivity contribution is 0.159. The second-order valence-electron chi connectivity index (χ2n) is 4.31. The molecule has 0 bridgehead atoms. The van der Waals surface area contributed by atoms with Crippen LogP contribution in [-0.2, 0) is 0 Å². The molecule has 1 aliphatic heterocycles. The van der Waals surface area contributed by atoms with Gasteiger partial charge in [0.1, 0.15) is 0 Å². The van der Waals surface area contributed by atoms with E-state index in [1.165, 1.54) is 10.6 Å². The molecule has 0 N–H and O–H groups in total. The lowest BCUT2D eigenvalue weighted by Gasteiger charge is -2.47. The predicted octanol–water partition coefficient (Wildman–Crippen LogP) is 2.72. The van der Waals surface area contributed by atoms with Crippen LogP contribution in [-0.4, -0.2) is 20.6 Å². The van der Waals surface area contributed by atoms with Crippen molar-refractivity contribution in [2.45, 2.75) is 38.8 Å². The molecule has 0 amide bonds. The third kappa shape index (κ3) is 1.42. The molecule has 0 saturated heterocycles. The SMILES string of the molecule is CC1(C)C=C(CI)C(C)(C)N1[O-]. The molecule has 70 valence electrons. The fourth-order valence-electron chi connectivity index (χ4n) is 1.71. The van der Waals surface area contributed by atoms with Gasteiger partial charge in [-0.2, -0.15) is 0 Å². The molecular weight excluding hydrogens is 265 g/mol. The van der Waals surface area contributed by atoms with Crippen LogP contribution in [0.25, 0.3) is 0 Å². The quantitative estimate of drug-likeness (QED) is 0.419. The second kappa shape index (κ2) is 2.96. The summed E-state index contributed by atoms with van der Waals surface area (Å²) in [6.07, 6.45) is 2.09. The molecule has 0 radical (unpaired) electrons. The maximum absolute atomic E-state index is 11.8. The van der Waals surface area contributed by atoms with Crippen molar-refractivity contribution < 1.29 is 0 Å². The van der Waals surface area contributed by atoms with Crippen LogP contribution in [0.4, 0.5) is 0 Å². The number of alkyl halides is 1. The van der Waals surface area contributed by atoms with Crippen LogP contribution in [0.5, 0.6) is 0 Å². The molecule has 0 aromatic heterocycles. The Morgan fingerprint density at radius 3 is 2.08 bits per heavy atom. The topological polar surface area (TPSA) is 26.3 Å². The van der Waals surface area contributed by atoms with Gasteiger partial charge >= 0.3 is 0 Å². The molecule has 3 heteroatoms. The molecule has 0 aliphatic carbocycles. The van der Waals surface area contributed by atoms with Crippen LogP contribution in [0, 0.1) is 5.21 Å². The number of halogens is 1. The van der Waals surface area contributed by atoms with Crippen molar-refractivity contribution in [3.8, 4) is 0 Å². The van der Waals surface area contributed by atoms with Crippen LogP contribution in [0.1, 0.15) is 27.7 Å². The molecule has 1 heterocycles. The van der Waals surface area contributed by atoms with Crippen LogP contribution >= 0.6 is 22.6 Å². The number of rotatable bonds is 1. The molecule has 0 aromatic carbocycles. The standard InChI is InChI=1S/C9H15INO/c1-8(2)5-7(6-10)9(3,4)11(8)12/h5H,6H2,1-4H3/q-1. The van der Waals surface area contributed by atoms with Crippen molar-refractivity contribution in [2.75, 3.05) is 4.43 Å². The minimum absolute atomic E-state index is 0.315. The van der Waals surface area contributed by atoms with Crippen LogP contribution in [0.2, 0.25) is 0 Å². The summed E-state index contributed by atoms with van der Waals surface area (Å²) in [6.45, 7) is 7.89. The summed E-state index contributed by atoms with van der Waals surface area (Å²) in [5.41, 5.74) is 0.595. The number of hydrogen-bond acceptors (Lipinski definition) is 2. The number of hydroxylamine groups is 2. The molecule has 12 heavy (non-hydrogen) atoms. The van der Waals surface area contributed by atoms with E-state index in [4.69, 9.17) is 0 Å². The van der Waals surface area contributed by atoms with Gasteiger partial charge in [-0.3, -0.25) is 0 Å². The highest BCUT2D eigenvalue weighted by molar-refractivity contribution is 14.1. The first kappa shape index (κ1) is 10.5. The largest absolute Gasteiger partial charge is 0.784 e. The first-order valence-corrected chi connectivity index (χ1v) is 5.60. The normalized spacial score (nSPS) is 27.3. The van der Waals surface area contributed by atoms with Gasteiger partial charge in [-0.25, -0.2) is 0 Å². The summed E-state index contributed by atoms with van der Waals surface area (Å²) in [5.74, 6) is 0. The third-order valence-electron chi connectivity index (χ3n) is 2.49. The highest BCUT2D eigenvalue weighted by Gasteiger charge is 2.38. The number of nitrogens with zero attached hydrogens (tertiary/aromatic N) is 1. The van der Waals surface area contributed by atoms with Crippen molar-refractivity contribution in [1.29, 1.82) is 0 Å². The monoisotopic (exact) mass is 280 g/mol. The Morgan fingerprint density at radius 1 is 1.42 bits per heavy atom. The average Bonchev–Trinajstić information content (AvgIpc) is 2.11. The van der Waals surface area contributed by atoms with E-state index in [-0.39, 0.29) is 11.1 Å². The zero-order valence-corrected chi connectivity index (χ0v) is 10.2. The smallest absolute Gasteiger partial charge is 0.0262 e. The summed E-state index contributed by atoms with van der Waals surface area (Å²) in [6, 6.07) is 0. The van der Waals surface area contributed by atoms with E-state index in [0.717, 1.165) is 4.43 Å². The summed E-state index contributed by atoms with van der Waals surface area (Å²) in [5, 5.41) is 13.0. The summed E-state index contributed by atoms with van der Waals surface area (Å²) < 4.78 is 0.937. The Balaban J connectivity index is 3.03. The maximum Gasteiger partial charge on any atom is 0.0262 e. The van der Waals surface area contributed by atoms with Crippen molar-refractivity contribution in [3.63, 3.8) is 0 Å². The lowest BCUT2D eigenvalue weighted by atomic mass is 9.99. The van der Waals surface area contributed by atoms with Crippen LogP contribution < -0.4 is 0 Å². The fraction of sp³-hybridized carbons (Fsp3) is 0.778. The summed E-state index contributed by atoms with van der Waals surface area (Å²) >= 11 is 2.31. The van der Waals surface area contributed by atoms with Crippen LogP contribution in [0.3, 0.4) is 0 Å². The fourth-order valence-corrected chi connectivity index (χ4v) is 2.87. The molecule has 2 nitrogen and oxygen atoms in total. The zero-order chi connectivity index (χ0) is 9.57. The number of hydrogen-bond donors (Lipinski definition) is 0. The highest BCUT2D eigenvalue weighted by atomic mass is 127.